The molecule has 0 amide bonds. The zero-order valence-electron chi connectivity index (χ0n) is 9.82. The highest BCUT2D eigenvalue weighted by atomic mass is 32.1. The van der Waals surface area contributed by atoms with Gasteiger partial charge in [0.1, 0.15) is 0 Å². The maximum Gasteiger partial charge on any atom is 0.174 e. The van der Waals surface area contributed by atoms with Crippen LogP contribution in [0.4, 0.5) is 0 Å². The summed E-state index contributed by atoms with van der Waals surface area (Å²) in [5.41, 5.74) is 1.11. The fourth-order valence-electron chi connectivity index (χ4n) is 2.10. The van der Waals surface area contributed by atoms with Gasteiger partial charge in [-0.3, -0.25) is 4.79 Å². The van der Waals surface area contributed by atoms with E-state index < -0.39 is 0 Å². The van der Waals surface area contributed by atoms with Crippen molar-refractivity contribution < 1.29 is 4.79 Å². The molecule has 4 heteroatoms. The van der Waals surface area contributed by atoms with Gasteiger partial charge in [0.15, 0.2) is 5.78 Å². The minimum Gasteiger partial charge on any atom is -0.311 e. The fourth-order valence-corrected chi connectivity index (χ4v) is 2.98. The molecule has 1 aromatic rings. The lowest BCUT2D eigenvalue weighted by Gasteiger charge is -2.30. The molecule has 0 saturated carbocycles. The number of Topliss-reactive ketones (excluding diaryl/α,β-unsaturated/α-hetero) is 1. The predicted octanol–water partition coefficient (Wildman–Crippen LogP) is 1.53. The van der Waals surface area contributed by atoms with Crippen molar-refractivity contribution in [3.05, 3.63) is 21.9 Å². The van der Waals surface area contributed by atoms with E-state index in [1.165, 1.54) is 0 Å². The average Bonchev–Trinajstić information content (AvgIpc) is 2.64. The quantitative estimate of drug-likeness (QED) is 0.811. The van der Waals surface area contributed by atoms with Gasteiger partial charge in [-0.2, -0.15) is 0 Å². The second-order valence-corrected chi connectivity index (χ2v) is 5.39. The fraction of sp³-hybridized carbons (Fsp3) is 0.583. The average molecular weight is 238 g/mol. The molecule has 88 valence electrons. The number of carbonyl (C=O) groups excluding carboxylic acids is 1. The van der Waals surface area contributed by atoms with Gasteiger partial charge in [0, 0.05) is 32.1 Å². The number of carbonyl (C=O) groups is 1. The Hall–Kier alpha value is -0.710. The first kappa shape index (κ1) is 11.8. The zero-order valence-corrected chi connectivity index (χ0v) is 10.6. The van der Waals surface area contributed by atoms with Gasteiger partial charge < -0.3 is 10.2 Å². The van der Waals surface area contributed by atoms with Crippen molar-refractivity contribution in [2.45, 2.75) is 19.4 Å². The molecular weight excluding hydrogens is 220 g/mol. The van der Waals surface area contributed by atoms with Gasteiger partial charge in [0.25, 0.3) is 0 Å². The molecule has 1 unspecified atom stereocenters. The van der Waals surface area contributed by atoms with E-state index in [0.717, 1.165) is 30.1 Å². The molecule has 2 rings (SSSR count). The van der Waals surface area contributed by atoms with Crippen molar-refractivity contribution in [2.75, 3.05) is 26.7 Å². The molecule has 1 saturated heterocycles. The van der Waals surface area contributed by atoms with Crippen molar-refractivity contribution in [3.63, 3.8) is 0 Å². The number of ketones is 1. The number of aryl methyl sites for hydroxylation is 1. The van der Waals surface area contributed by atoms with Crippen LogP contribution in [0.3, 0.4) is 0 Å². The molecule has 1 atom stereocenters. The van der Waals surface area contributed by atoms with E-state index in [1.807, 2.05) is 18.4 Å². The molecule has 1 aliphatic rings. The highest BCUT2D eigenvalue weighted by Crippen LogP contribution is 2.18. The zero-order chi connectivity index (χ0) is 11.5. The summed E-state index contributed by atoms with van der Waals surface area (Å²) in [6.45, 7) is 5.03. The topological polar surface area (TPSA) is 32.3 Å². The summed E-state index contributed by atoms with van der Waals surface area (Å²) in [7, 11) is 2.11. The van der Waals surface area contributed by atoms with Crippen LogP contribution in [0, 0.1) is 6.92 Å². The monoisotopic (exact) mass is 238 g/mol. The van der Waals surface area contributed by atoms with Gasteiger partial charge in [-0.1, -0.05) is 0 Å². The van der Waals surface area contributed by atoms with E-state index in [1.54, 1.807) is 11.3 Å². The summed E-state index contributed by atoms with van der Waals surface area (Å²) in [4.78, 5) is 15.3. The van der Waals surface area contributed by atoms with Gasteiger partial charge in [-0.15, -0.1) is 11.3 Å². The first-order valence-electron chi connectivity index (χ1n) is 5.66. The molecule has 1 N–H and O–H groups in total. The standard InChI is InChI=1S/C12H18N2OS/c1-9-3-6-16-12(9)11(15)7-10-8-14(2)5-4-13-10/h3,6,10,13H,4-5,7-8H2,1-2H3. The van der Waals surface area contributed by atoms with Gasteiger partial charge >= 0.3 is 0 Å². The molecule has 1 fully saturated rings. The smallest absolute Gasteiger partial charge is 0.174 e. The lowest BCUT2D eigenvalue weighted by molar-refractivity contribution is 0.0955. The third kappa shape index (κ3) is 2.70. The highest BCUT2D eigenvalue weighted by molar-refractivity contribution is 7.12. The predicted molar refractivity (Wildman–Crippen MR) is 67.3 cm³/mol. The normalized spacial score (nSPS) is 22.2. The largest absolute Gasteiger partial charge is 0.311 e. The van der Waals surface area contributed by atoms with E-state index in [2.05, 4.69) is 17.3 Å². The molecule has 0 radical (unpaired) electrons. The molecule has 0 aliphatic carbocycles. The molecule has 3 nitrogen and oxygen atoms in total. The third-order valence-corrected chi connectivity index (χ3v) is 4.06. The Kier molecular flexibility index (Phi) is 3.74. The van der Waals surface area contributed by atoms with Crippen LogP contribution < -0.4 is 5.32 Å². The van der Waals surface area contributed by atoms with Gasteiger partial charge in [-0.05, 0) is 31.0 Å². The number of hydrogen-bond donors (Lipinski definition) is 1. The molecule has 2 heterocycles. The molecule has 0 bridgehead atoms. The summed E-state index contributed by atoms with van der Waals surface area (Å²) in [6, 6.07) is 2.32. The summed E-state index contributed by atoms with van der Waals surface area (Å²) in [5, 5.41) is 5.39. The number of rotatable bonds is 3. The number of nitrogens with one attached hydrogen (secondary N) is 1. The van der Waals surface area contributed by atoms with Crippen LogP contribution in [0.25, 0.3) is 0 Å². The number of nitrogens with zero attached hydrogens (tertiary/aromatic N) is 1. The SMILES string of the molecule is Cc1ccsc1C(=O)CC1CN(C)CCN1. The summed E-state index contributed by atoms with van der Waals surface area (Å²) < 4.78 is 0. The second-order valence-electron chi connectivity index (χ2n) is 4.47. The van der Waals surface area contributed by atoms with Gasteiger partial charge in [0.2, 0.25) is 0 Å². The highest BCUT2D eigenvalue weighted by Gasteiger charge is 2.21. The van der Waals surface area contributed by atoms with Crippen LogP contribution in [0.2, 0.25) is 0 Å². The second kappa shape index (κ2) is 5.08. The maximum atomic E-state index is 12.1. The molecule has 1 aliphatic heterocycles. The molecule has 16 heavy (non-hydrogen) atoms. The van der Waals surface area contributed by atoms with Gasteiger partial charge in [0.05, 0.1) is 4.88 Å². The van der Waals surface area contributed by atoms with E-state index >= 15 is 0 Å². The molecule has 0 aromatic carbocycles. The van der Waals surface area contributed by atoms with Crippen LogP contribution in [-0.2, 0) is 0 Å². The maximum absolute atomic E-state index is 12.1. The van der Waals surface area contributed by atoms with E-state index in [4.69, 9.17) is 0 Å². The number of hydrogen-bond acceptors (Lipinski definition) is 4. The van der Waals surface area contributed by atoms with Crippen LogP contribution in [0.15, 0.2) is 11.4 Å². The van der Waals surface area contributed by atoms with Crippen molar-refractivity contribution in [3.8, 4) is 0 Å². The van der Waals surface area contributed by atoms with Crippen LogP contribution in [-0.4, -0.2) is 43.4 Å². The number of likely N-dealkylation sites (N-methyl/N-ethyl adjacent to an activating group) is 1. The Balaban J connectivity index is 1.95. The van der Waals surface area contributed by atoms with Crippen LogP contribution >= 0.6 is 11.3 Å². The minimum absolute atomic E-state index is 0.278. The van der Waals surface area contributed by atoms with E-state index in [9.17, 15) is 4.79 Å². The Morgan fingerprint density at radius 3 is 3.12 bits per heavy atom. The summed E-state index contributed by atoms with van der Waals surface area (Å²) >= 11 is 1.56. The lowest BCUT2D eigenvalue weighted by atomic mass is 10.1. The number of piperazine rings is 1. The van der Waals surface area contributed by atoms with Crippen molar-refractivity contribution >= 4 is 17.1 Å². The van der Waals surface area contributed by atoms with Crippen molar-refractivity contribution in [1.82, 2.24) is 10.2 Å². The lowest BCUT2D eigenvalue weighted by Crippen LogP contribution is -2.49. The molecule has 0 spiro atoms. The molecule has 1 aromatic heterocycles. The molecular formula is C12H18N2OS. The summed E-state index contributed by atoms with van der Waals surface area (Å²) in [5.74, 6) is 0.278. The Morgan fingerprint density at radius 2 is 2.50 bits per heavy atom. The van der Waals surface area contributed by atoms with E-state index in [-0.39, 0.29) is 5.78 Å². The van der Waals surface area contributed by atoms with Gasteiger partial charge in [-0.25, -0.2) is 0 Å². The van der Waals surface area contributed by atoms with Crippen molar-refractivity contribution in [1.29, 1.82) is 0 Å². The first-order chi connectivity index (χ1) is 7.66. The third-order valence-electron chi connectivity index (χ3n) is 3.01. The van der Waals surface area contributed by atoms with Crippen LogP contribution in [0.5, 0.6) is 0 Å². The summed E-state index contributed by atoms with van der Waals surface area (Å²) in [6.07, 6.45) is 0.617. The van der Waals surface area contributed by atoms with Crippen molar-refractivity contribution in [2.24, 2.45) is 0 Å². The Bertz CT molecular complexity index is 375. The first-order valence-corrected chi connectivity index (χ1v) is 6.54. The Morgan fingerprint density at radius 1 is 1.69 bits per heavy atom. The van der Waals surface area contributed by atoms with Crippen LogP contribution in [0.1, 0.15) is 21.7 Å². The minimum atomic E-state index is 0.278. The Labute approximate surface area is 100 Å². The number of thiophene rings is 1. The van der Waals surface area contributed by atoms with E-state index in [0.29, 0.717) is 12.5 Å².